The smallest absolute Gasteiger partial charge is 0.346 e. The first-order valence-corrected chi connectivity index (χ1v) is 9.94. The predicted molar refractivity (Wildman–Crippen MR) is 99.7 cm³/mol. The average molecular weight is 373 g/mol. The summed E-state index contributed by atoms with van der Waals surface area (Å²) in [7, 11) is 0. The Bertz CT molecular complexity index is 421. The summed E-state index contributed by atoms with van der Waals surface area (Å²) >= 11 is 0. The van der Waals surface area contributed by atoms with Crippen LogP contribution in [0.25, 0.3) is 0 Å². The molecule has 26 heavy (non-hydrogen) atoms. The third-order valence-corrected chi connectivity index (χ3v) is 4.31. The van der Waals surface area contributed by atoms with Crippen LogP contribution in [0.2, 0.25) is 0 Å². The first-order chi connectivity index (χ1) is 12.4. The fourth-order valence-corrected chi connectivity index (χ4v) is 2.48. The van der Waals surface area contributed by atoms with Gasteiger partial charge in [-0.2, -0.15) is 0 Å². The number of ketones is 1. The molecule has 0 aliphatic heterocycles. The molecule has 0 aromatic rings. The van der Waals surface area contributed by atoms with E-state index in [1.165, 1.54) is 0 Å². The van der Waals surface area contributed by atoms with Gasteiger partial charge >= 0.3 is 11.9 Å². The van der Waals surface area contributed by atoms with Gasteiger partial charge < -0.3 is 14.6 Å². The second-order valence-corrected chi connectivity index (χ2v) is 6.78. The summed E-state index contributed by atoms with van der Waals surface area (Å²) in [6, 6.07) is 0. The molecule has 0 radical (unpaired) electrons. The lowest BCUT2D eigenvalue weighted by Crippen LogP contribution is -2.48. The summed E-state index contributed by atoms with van der Waals surface area (Å²) in [5.41, 5.74) is -2.46. The van der Waals surface area contributed by atoms with Crippen LogP contribution in [0.5, 0.6) is 0 Å². The molecule has 6 nitrogen and oxygen atoms in total. The lowest BCUT2D eigenvalue weighted by atomic mass is 9.95. The molecule has 0 saturated carbocycles. The fraction of sp³-hybridized carbons (Fsp3) is 0.850. The van der Waals surface area contributed by atoms with Gasteiger partial charge in [-0.3, -0.25) is 9.59 Å². The number of hydrogen-bond acceptors (Lipinski definition) is 6. The molecule has 1 atom stereocenters. The summed E-state index contributed by atoms with van der Waals surface area (Å²) in [4.78, 5) is 35.6. The third-order valence-electron chi connectivity index (χ3n) is 4.31. The van der Waals surface area contributed by atoms with Crippen molar-refractivity contribution >= 4 is 17.7 Å². The van der Waals surface area contributed by atoms with Gasteiger partial charge in [-0.05, 0) is 19.8 Å². The van der Waals surface area contributed by atoms with Crippen molar-refractivity contribution in [2.75, 3.05) is 13.2 Å². The number of aliphatic hydroxyl groups is 1. The molecule has 1 N–H and O–H groups in total. The first kappa shape index (κ1) is 24.6. The van der Waals surface area contributed by atoms with Crippen LogP contribution in [-0.4, -0.2) is 41.6 Å². The van der Waals surface area contributed by atoms with E-state index in [1.54, 1.807) is 0 Å². The molecule has 0 bridgehead atoms. The molecular weight excluding hydrogens is 336 g/mol. The molecule has 6 heteroatoms. The number of hydrogen-bond donors (Lipinski definition) is 1. The molecule has 0 aliphatic rings. The van der Waals surface area contributed by atoms with Gasteiger partial charge in [0, 0.05) is 0 Å². The predicted octanol–water partition coefficient (Wildman–Crippen LogP) is 3.72. The van der Waals surface area contributed by atoms with Gasteiger partial charge in [0.2, 0.25) is 5.60 Å². The molecule has 0 rings (SSSR count). The minimum absolute atomic E-state index is 0.130. The Kier molecular flexibility index (Phi) is 13.9. The van der Waals surface area contributed by atoms with Crippen molar-refractivity contribution < 1.29 is 29.0 Å². The van der Waals surface area contributed by atoms with Gasteiger partial charge in [0.15, 0.2) is 5.78 Å². The number of rotatable bonds is 16. The van der Waals surface area contributed by atoms with E-state index in [-0.39, 0.29) is 13.2 Å². The highest BCUT2D eigenvalue weighted by Crippen LogP contribution is 2.16. The molecule has 0 aromatic carbocycles. The average Bonchev–Trinajstić information content (AvgIpc) is 2.60. The van der Waals surface area contributed by atoms with E-state index in [0.29, 0.717) is 6.42 Å². The molecule has 1 unspecified atom stereocenters. The quantitative estimate of drug-likeness (QED) is 0.252. The maximum atomic E-state index is 12.1. The van der Waals surface area contributed by atoms with Crippen LogP contribution in [0.3, 0.4) is 0 Å². The highest BCUT2D eigenvalue weighted by Gasteiger charge is 2.45. The second-order valence-electron chi connectivity index (χ2n) is 6.78. The van der Waals surface area contributed by atoms with Crippen molar-refractivity contribution in [3.63, 3.8) is 0 Å². The monoisotopic (exact) mass is 372 g/mol. The van der Waals surface area contributed by atoms with E-state index in [9.17, 15) is 19.5 Å². The van der Waals surface area contributed by atoms with Crippen molar-refractivity contribution in [1.29, 1.82) is 0 Å². The lowest BCUT2D eigenvalue weighted by molar-refractivity contribution is -0.176. The number of esters is 2. The van der Waals surface area contributed by atoms with Crippen molar-refractivity contribution in [1.82, 2.24) is 0 Å². The largest absolute Gasteiger partial charge is 0.466 e. The SMILES string of the molecule is CCCCCCCOC(=O)CC(O)(C(C)=O)C(=O)OCCCCCCC. The van der Waals surface area contributed by atoms with Gasteiger partial charge in [0.05, 0.1) is 19.6 Å². The van der Waals surface area contributed by atoms with E-state index in [4.69, 9.17) is 9.47 Å². The van der Waals surface area contributed by atoms with Crippen LogP contribution in [-0.2, 0) is 23.9 Å². The molecule has 0 aromatic heterocycles. The Balaban J connectivity index is 4.25. The van der Waals surface area contributed by atoms with Gasteiger partial charge in [-0.1, -0.05) is 65.2 Å². The maximum absolute atomic E-state index is 12.1. The highest BCUT2D eigenvalue weighted by molar-refractivity contribution is 6.08. The van der Waals surface area contributed by atoms with Crippen molar-refractivity contribution in [2.24, 2.45) is 0 Å². The van der Waals surface area contributed by atoms with Crippen molar-refractivity contribution in [3.8, 4) is 0 Å². The van der Waals surface area contributed by atoms with E-state index in [0.717, 1.165) is 64.7 Å². The topological polar surface area (TPSA) is 89.9 Å². The molecule has 0 heterocycles. The lowest BCUT2D eigenvalue weighted by Gasteiger charge is -2.22. The van der Waals surface area contributed by atoms with E-state index in [2.05, 4.69) is 13.8 Å². The van der Waals surface area contributed by atoms with Crippen molar-refractivity contribution in [2.45, 2.75) is 97.0 Å². The Morgan fingerprint density at radius 2 is 1.23 bits per heavy atom. The van der Waals surface area contributed by atoms with Crippen LogP contribution in [0.4, 0.5) is 0 Å². The van der Waals surface area contributed by atoms with Crippen LogP contribution < -0.4 is 0 Å². The van der Waals surface area contributed by atoms with E-state index in [1.807, 2.05) is 0 Å². The van der Waals surface area contributed by atoms with E-state index >= 15 is 0 Å². The Morgan fingerprint density at radius 3 is 1.69 bits per heavy atom. The molecule has 0 saturated heterocycles. The minimum Gasteiger partial charge on any atom is -0.466 e. The second kappa shape index (κ2) is 14.7. The number of Topliss-reactive ketones (excluding diaryl/α,β-unsaturated/α-hetero) is 1. The number of carbonyl (C=O) groups is 3. The van der Waals surface area contributed by atoms with Crippen LogP contribution in [0.15, 0.2) is 0 Å². The molecule has 152 valence electrons. The molecular formula is C20H36O6. The molecule has 0 fully saturated rings. The Morgan fingerprint density at radius 1 is 0.769 bits per heavy atom. The van der Waals surface area contributed by atoms with Crippen molar-refractivity contribution in [3.05, 3.63) is 0 Å². The Hall–Kier alpha value is -1.43. The van der Waals surface area contributed by atoms with Crippen LogP contribution in [0.1, 0.15) is 91.4 Å². The zero-order valence-electron chi connectivity index (χ0n) is 16.7. The van der Waals surface area contributed by atoms with Crippen LogP contribution in [0, 0.1) is 0 Å². The third kappa shape index (κ3) is 10.5. The molecule has 0 spiro atoms. The summed E-state index contributed by atoms with van der Waals surface area (Å²) < 4.78 is 10.0. The standard InChI is InChI=1S/C20H36O6/c1-4-6-8-10-12-14-25-18(22)16-20(24,17(3)21)19(23)26-15-13-11-9-7-5-2/h24H,4-16H2,1-3H3. The number of carbonyl (C=O) groups excluding carboxylic acids is 3. The Labute approximate surface area is 157 Å². The molecule has 0 amide bonds. The molecule has 0 aliphatic carbocycles. The van der Waals surface area contributed by atoms with Gasteiger partial charge in [0.25, 0.3) is 0 Å². The fourth-order valence-electron chi connectivity index (χ4n) is 2.48. The van der Waals surface area contributed by atoms with Crippen LogP contribution >= 0.6 is 0 Å². The number of ether oxygens (including phenoxy) is 2. The van der Waals surface area contributed by atoms with Gasteiger partial charge in [-0.25, -0.2) is 4.79 Å². The summed E-state index contributed by atoms with van der Waals surface area (Å²) in [5.74, 6) is -2.65. The van der Waals surface area contributed by atoms with Gasteiger partial charge in [0.1, 0.15) is 0 Å². The zero-order valence-corrected chi connectivity index (χ0v) is 16.7. The maximum Gasteiger partial charge on any atom is 0.346 e. The number of unbranched alkanes of at least 4 members (excludes halogenated alkanes) is 8. The van der Waals surface area contributed by atoms with Gasteiger partial charge in [-0.15, -0.1) is 0 Å². The minimum atomic E-state index is -2.46. The zero-order chi connectivity index (χ0) is 19.8. The summed E-state index contributed by atoms with van der Waals surface area (Å²) in [6.45, 7) is 5.65. The van der Waals surface area contributed by atoms with E-state index < -0.39 is 29.7 Å². The first-order valence-electron chi connectivity index (χ1n) is 9.94. The normalized spacial score (nSPS) is 13.1. The summed E-state index contributed by atoms with van der Waals surface area (Å²) in [6.07, 6.45) is 9.21. The highest BCUT2D eigenvalue weighted by atomic mass is 16.6. The summed E-state index contributed by atoms with van der Waals surface area (Å²) in [5, 5.41) is 10.3.